The van der Waals surface area contributed by atoms with Crippen LogP contribution in [0.25, 0.3) is 0 Å². The summed E-state index contributed by atoms with van der Waals surface area (Å²) in [5.74, 6) is 0.567. The summed E-state index contributed by atoms with van der Waals surface area (Å²) in [7, 11) is 1.52. The summed E-state index contributed by atoms with van der Waals surface area (Å²) in [4.78, 5) is 23.0. The molecule has 1 aromatic carbocycles. The Balaban J connectivity index is 2.33. The van der Waals surface area contributed by atoms with Crippen molar-refractivity contribution in [1.82, 2.24) is 5.32 Å². The average Bonchev–Trinajstić information content (AvgIpc) is 2.31. The molecule has 1 amide bonds. The minimum atomic E-state index is -0.618. The number of Topliss-reactive ketones (excluding diaryl/α,β-unsaturated/α-hetero) is 1. The number of hydrogen-bond acceptors (Lipinski definition) is 4. The lowest BCUT2D eigenvalue weighted by atomic mass is 10.0. The van der Waals surface area contributed by atoms with E-state index in [2.05, 4.69) is 5.32 Å². The van der Waals surface area contributed by atoms with Gasteiger partial charge >= 0.3 is 0 Å². The van der Waals surface area contributed by atoms with E-state index in [0.717, 1.165) is 0 Å². The van der Waals surface area contributed by atoms with Crippen molar-refractivity contribution in [3.8, 4) is 11.5 Å². The van der Waals surface area contributed by atoms with Crippen molar-refractivity contribution in [2.24, 2.45) is 0 Å². The number of fused-ring (bicyclic) bond motifs is 1. The molecule has 0 spiro atoms. The van der Waals surface area contributed by atoms with E-state index in [9.17, 15) is 9.59 Å². The zero-order valence-electron chi connectivity index (χ0n) is 9.65. The molecule has 2 rings (SSSR count). The molecule has 90 valence electrons. The van der Waals surface area contributed by atoms with Gasteiger partial charge in [0.25, 0.3) is 0 Å². The van der Waals surface area contributed by atoms with Gasteiger partial charge in [0.1, 0.15) is 12.6 Å². The molecule has 0 aliphatic carbocycles. The molecule has 17 heavy (non-hydrogen) atoms. The van der Waals surface area contributed by atoms with Gasteiger partial charge in [0.2, 0.25) is 5.91 Å². The van der Waals surface area contributed by atoms with Crippen molar-refractivity contribution < 1.29 is 19.1 Å². The fourth-order valence-electron chi connectivity index (χ4n) is 1.80. The zero-order chi connectivity index (χ0) is 12.4. The molecule has 5 nitrogen and oxygen atoms in total. The first kappa shape index (κ1) is 11.4. The number of benzene rings is 1. The number of hydrogen-bond donors (Lipinski definition) is 1. The molecule has 5 heteroatoms. The molecular weight excluding hydrogens is 222 g/mol. The predicted molar refractivity (Wildman–Crippen MR) is 60.4 cm³/mol. The maximum Gasteiger partial charge on any atom is 0.217 e. The second-order valence-corrected chi connectivity index (χ2v) is 3.77. The Hall–Kier alpha value is -2.04. The summed E-state index contributed by atoms with van der Waals surface area (Å²) in [5.41, 5.74) is 0.439. The summed E-state index contributed by atoms with van der Waals surface area (Å²) >= 11 is 0. The highest BCUT2D eigenvalue weighted by atomic mass is 16.5. The fraction of sp³-hybridized carbons (Fsp3) is 0.333. The molecule has 0 bridgehead atoms. The molecule has 1 heterocycles. The first-order chi connectivity index (χ1) is 8.13. The number of rotatable bonds is 2. The van der Waals surface area contributed by atoms with Crippen LogP contribution in [0, 0.1) is 0 Å². The molecule has 1 aliphatic rings. The largest absolute Gasteiger partial charge is 0.493 e. The number of nitrogens with one attached hydrogen (secondary N) is 1. The number of carbonyl (C=O) groups excluding carboxylic acids is 2. The van der Waals surface area contributed by atoms with Crippen LogP contribution in [0.15, 0.2) is 18.2 Å². The summed E-state index contributed by atoms with van der Waals surface area (Å²) in [6.07, 6.45) is 0. The van der Waals surface area contributed by atoms with Crippen molar-refractivity contribution in [1.29, 1.82) is 0 Å². The van der Waals surface area contributed by atoms with E-state index in [1.54, 1.807) is 18.2 Å². The lowest BCUT2D eigenvalue weighted by Gasteiger charge is -2.25. The molecule has 0 saturated carbocycles. The quantitative estimate of drug-likeness (QED) is 0.822. The fourth-order valence-corrected chi connectivity index (χ4v) is 1.80. The minimum absolute atomic E-state index is 0.131. The Kier molecular flexibility index (Phi) is 2.99. The number of ketones is 1. The van der Waals surface area contributed by atoms with Gasteiger partial charge in [0.15, 0.2) is 17.3 Å². The Morgan fingerprint density at radius 3 is 2.94 bits per heavy atom. The highest BCUT2D eigenvalue weighted by Gasteiger charge is 2.31. The second-order valence-electron chi connectivity index (χ2n) is 3.77. The van der Waals surface area contributed by atoms with Crippen LogP contribution in [-0.2, 0) is 4.79 Å². The van der Waals surface area contributed by atoms with Gasteiger partial charge in [-0.15, -0.1) is 0 Å². The molecule has 1 N–H and O–H groups in total. The van der Waals surface area contributed by atoms with E-state index < -0.39 is 6.04 Å². The molecule has 1 unspecified atom stereocenters. The highest BCUT2D eigenvalue weighted by Crippen LogP contribution is 2.34. The van der Waals surface area contributed by atoms with Crippen LogP contribution in [0.5, 0.6) is 11.5 Å². The van der Waals surface area contributed by atoms with Gasteiger partial charge in [0, 0.05) is 6.92 Å². The van der Waals surface area contributed by atoms with E-state index in [0.29, 0.717) is 17.1 Å². The van der Waals surface area contributed by atoms with Crippen LogP contribution >= 0.6 is 0 Å². The normalized spacial score (nSPS) is 18.0. The van der Waals surface area contributed by atoms with E-state index in [4.69, 9.17) is 9.47 Å². The first-order valence-electron chi connectivity index (χ1n) is 5.24. The van der Waals surface area contributed by atoms with Crippen molar-refractivity contribution in [2.45, 2.75) is 13.0 Å². The maximum atomic E-state index is 12.1. The molecule has 1 aromatic rings. The second kappa shape index (κ2) is 4.45. The van der Waals surface area contributed by atoms with Crippen LogP contribution in [0.1, 0.15) is 17.3 Å². The third kappa shape index (κ3) is 2.08. The van der Waals surface area contributed by atoms with E-state index in [-0.39, 0.29) is 18.3 Å². The van der Waals surface area contributed by atoms with Crippen LogP contribution < -0.4 is 14.8 Å². The van der Waals surface area contributed by atoms with Gasteiger partial charge < -0.3 is 14.8 Å². The van der Waals surface area contributed by atoms with Crippen LogP contribution in [0.3, 0.4) is 0 Å². The number of methoxy groups -OCH3 is 1. The van der Waals surface area contributed by atoms with Gasteiger partial charge in [-0.2, -0.15) is 0 Å². The Morgan fingerprint density at radius 2 is 2.29 bits per heavy atom. The molecular formula is C12H13NO4. The number of carbonyl (C=O) groups is 2. The zero-order valence-corrected chi connectivity index (χ0v) is 9.65. The predicted octanol–water partition coefficient (Wildman–Crippen LogP) is 0.775. The molecule has 0 saturated heterocycles. The summed E-state index contributed by atoms with van der Waals surface area (Å²) in [6, 6.07) is 4.49. The lowest BCUT2D eigenvalue weighted by molar-refractivity contribution is -0.119. The van der Waals surface area contributed by atoms with Crippen LogP contribution in [0.4, 0.5) is 0 Å². The molecule has 0 fully saturated rings. The molecule has 0 aromatic heterocycles. The van der Waals surface area contributed by atoms with Gasteiger partial charge in [0.05, 0.1) is 12.7 Å². The maximum absolute atomic E-state index is 12.1. The molecule has 1 aliphatic heterocycles. The standard InChI is InChI=1S/C12H13NO4/c1-7(14)13-9-6-17-12-8(11(9)15)4-3-5-10(12)16-2/h3-5,9H,6H2,1-2H3,(H,13,14). The van der Waals surface area contributed by atoms with E-state index in [1.807, 2.05) is 0 Å². The third-order valence-corrected chi connectivity index (χ3v) is 2.55. The summed E-state index contributed by atoms with van der Waals surface area (Å²) in [6.45, 7) is 1.50. The van der Waals surface area contributed by atoms with Crippen molar-refractivity contribution >= 4 is 11.7 Å². The van der Waals surface area contributed by atoms with Gasteiger partial charge in [-0.25, -0.2) is 0 Å². The van der Waals surface area contributed by atoms with E-state index >= 15 is 0 Å². The van der Waals surface area contributed by atoms with Gasteiger partial charge in [-0.05, 0) is 12.1 Å². The monoisotopic (exact) mass is 235 g/mol. The Bertz CT molecular complexity index is 470. The third-order valence-electron chi connectivity index (χ3n) is 2.55. The average molecular weight is 235 g/mol. The molecule has 0 radical (unpaired) electrons. The van der Waals surface area contributed by atoms with Crippen LogP contribution in [-0.4, -0.2) is 31.4 Å². The Morgan fingerprint density at radius 1 is 1.53 bits per heavy atom. The SMILES string of the molecule is COc1cccc2c1OCC(NC(C)=O)C2=O. The van der Waals surface area contributed by atoms with Crippen molar-refractivity contribution in [2.75, 3.05) is 13.7 Å². The lowest BCUT2D eigenvalue weighted by Crippen LogP contribution is -2.46. The summed E-state index contributed by atoms with van der Waals surface area (Å²) < 4.78 is 10.6. The number of ether oxygens (including phenoxy) is 2. The molecule has 1 atom stereocenters. The van der Waals surface area contributed by atoms with Crippen molar-refractivity contribution in [3.05, 3.63) is 23.8 Å². The Labute approximate surface area is 98.7 Å². The highest BCUT2D eigenvalue weighted by molar-refractivity contribution is 6.05. The topological polar surface area (TPSA) is 64.6 Å². The van der Waals surface area contributed by atoms with E-state index in [1.165, 1.54) is 14.0 Å². The summed E-state index contributed by atoms with van der Waals surface area (Å²) in [5, 5.41) is 2.56. The van der Waals surface area contributed by atoms with Crippen LogP contribution in [0.2, 0.25) is 0 Å². The first-order valence-corrected chi connectivity index (χ1v) is 5.24. The number of para-hydroxylation sites is 1. The van der Waals surface area contributed by atoms with Gasteiger partial charge in [-0.1, -0.05) is 6.07 Å². The number of amides is 1. The van der Waals surface area contributed by atoms with Crippen molar-refractivity contribution in [3.63, 3.8) is 0 Å². The smallest absolute Gasteiger partial charge is 0.217 e. The van der Waals surface area contributed by atoms with Gasteiger partial charge in [-0.3, -0.25) is 9.59 Å². The minimum Gasteiger partial charge on any atom is -0.493 e.